The van der Waals surface area contributed by atoms with E-state index >= 15 is 0 Å². The van der Waals surface area contributed by atoms with Crippen molar-refractivity contribution in [1.82, 2.24) is 0 Å². The summed E-state index contributed by atoms with van der Waals surface area (Å²) in [6.45, 7) is 2.26. The van der Waals surface area contributed by atoms with Gasteiger partial charge >= 0.3 is 5.97 Å². The summed E-state index contributed by atoms with van der Waals surface area (Å²) in [6.07, 6.45) is 3.50. The third-order valence-electron chi connectivity index (χ3n) is 5.70. The number of anilines is 1. The number of hydrogen-bond donors (Lipinski definition) is 2. The zero-order valence-electron chi connectivity index (χ0n) is 16.9. The van der Waals surface area contributed by atoms with E-state index in [2.05, 4.69) is 5.32 Å². The smallest absolute Gasteiger partial charge is 0.338 e. The predicted molar refractivity (Wildman–Crippen MR) is 113 cm³/mol. The highest BCUT2D eigenvalue weighted by atomic mass is 35.5. The van der Waals surface area contributed by atoms with Crippen molar-refractivity contribution in [2.45, 2.75) is 44.4 Å². The van der Waals surface area contributed by atoms with E-state index in [9.17, 15) is 18.7 Å². The summed E-state index contributed by atoms with van der Waals surface area (Å²) in [7, 11) is 0. The molecule has 7 heteroatoms. The Balaban J connectivity index is 1.82. The molecular weight excluding hydrogens is 412 g/mol. The fraction of sp³-hybridized carbons (Fsp3) is 0.435. The molecule has 0 bridgehead atoms. The molecule has 3 rings (SSSR count). The van der Waals surface area contributed by atoms with E-state index in [0.717, 1.165) is 12.8 Å². The van der Waals surface area contributed by atoms with Crippen LogP contribution in [-0.2, 0) is 16.6 Å². The number of carbonyl (C=O) groups is 1. The van der Waals surface area contributed by atoms with Crippen molar-refractivity contribution in [2.24, 2.45) is 0 Å². The maximum Gasteiger partial charge on any atom is 0.338 e. The summed E-state index contributed by atoms with van der Waals surface area (Å²) in [5, 5.41) is 13.3. The molecule has 0 saturated carbocycles. The van der Waals surface area contributed by atoms with Gasteiger partial charge in [-0.25, -0.2) is 13.6 Å². The highest BCUT2D eigenvalue weighted by Gasteiger charge is 2.37. The van der Waals surface area contributed by atoms with Crippen LogP contribution >= 0.6 is 11.6 Å². The van der Waals surface area contributed by atoms with Crippen LogP contribution in [0, 0.1) is 11.6 Å². The third-order valence-corrected chi connectivity index (χ3v) is 5.99. The number of nitrogens with one attached hydrogen (secondary N) is 1. The second-order valence-electron chi connectivity index (χ2n) is 7.72. The van der Waals surface area contributed by atoms with Crippen LogP contribution in [0.4, 0.5) is 14.5 Å². The fourth-order valence-electron chi connectivity index (χ4n) is 3.92. The van der Waals surface area contributed by atoms with Crippen molar-refractivity contribution in [3.05, 3.63) is 63.7 Å². The van der Waals surface area contributed by atoms with E-state index in [4.69, 9.17) is 16.3 Å². The molecule has 1 aliphatic rings. The van der Waals surface area contributed by atoms with E-state index in [1.165, 1.54) is 24.3 Å². The number of halogens is 3. The van der Waals surface area contributed by atoms with Crippen LogP contribution in [0.2, 0.25) is 5.02 Å². The number of hydrogen-bond acceptors (Lipinski definition) is 4. The number of fused-ring (bicyclic) bond motifs is 1. The van der Waals surface area contributed by atoms with E-state index < -0.39 is 23.0 Å². The number of ether oxygens (including phenoxy) is 1. The molecule has 0 saturated heterocycles. The first-order valence-corrected chi connectivity index (χ1v) is 10.6. The molecule has 162 valence electrons. The van der Waals surface area contributed by atoms with Gasteiger partial charge in [0.2, 0.25) is 0 Å². The lowest BCUT2D eigenvalue weighted by molar-refractivity contribution is 0.0499. The first kappa shape index (κ1) is 22.5. The van der Waals surface area contributed by atoms with Gasteiger partial charge in [-0.3, -0.25) is 0 Å². The van der Waals surface area contributed by atoms with Gasteiger partial charge in [0, 0.05) is 12.0 Å². The molecule has 2 aromatic carbocycles. The van der Waals surface area contributed by atoms with Gasteiger partial charge in [0.05, 0.1) is 29.5 Å². The number of benzene rings is 2. The van der Waals surface area contributed by atoms with Gasteiger partial charge in [-0.1, -0.05) is 31.0 Å². The Bertz CT molecular complexity index is 922. The van der Waals surface area contributed by atoms with Gasteiger partial charge in [0.25, 0.3) is 0 Å². The summed E-state index contributed by atoms with van der Waals surface area (Å²) >= 11 is 5.92. The summed E-state index contributed by atoms with van der Waals surface area (Å²) in [4.78, 5) is 12.2. The van der Waals surface area contributed by atoms with Crippen LogP contribution in [0.5, 0.6) is 0 Å². The van der Waals surface area contributed by atoms with Crippen LogP contribution in [0.1, 0.15) is 54.1 Å². The number of rotatable bonds is 8. The minimum Gasteiger partial charge on any atom is -0.462 e. The number of esters is 1. The van der Waals surface area contributed by atoms with Gasteiger partial charge < -0.3 is 15.2 Å². The minimum absolute atomic E-state index is 0.0516. The Hall–Kier alpha value is -2.18. The second-order valence-corrected chi connectivity index (χ2v) is 8.12. The average molecular weight is 438 g/mol. The molecule has 2 N–H and O–H groups in total. The van der Waals surface area contributed by atoms with Crippen LogP contribution < -0.4 is 5.32 Å². The van der Waals surface area contributed by atoms with Crippen molar-refractivity contribution < 1.29 is 23.4 Å². The Morgan fingerprint density at radius 3 is 2.83 bits per heavy atom. The molecule has 0 spiro atoms. The van der Waals surface area contributed by atoms with Gasteiger partial charge in [0.15, 0.2) is 0 Å². The maximum atomic E-state index is 14.5. The molecule has 1 atom stereocenters. The zero-order valence-corrected chi connectivity index (χ0v) is 17.7. The molecule has 0 aromatic heterocycles. The number of aliphatic hydroxyl groups is 1. The number of aliphatic hydroxyl groups excluding tert-OH is 1. The second kappa shape index (κ2) is 9.75. The van der Waals surface area contributed by atoms with Gasteiger partial charge in [-0.2, -0.15) is 0 Å². The molecule has 0 radical (unpaired) electrons. The molecule has 30 heavy (non-hydrogen) atoms. The fourth-order valence-corrected chi connectivity index (χ4v) is 4.10. The zero-order chi connectivity index (χ0) is 21.7. The third kappa shape index (κ3) is 4.60. The highest BCUT2D eigenvalue weighted by Crippen LogP contribution is 2.40. The van der Waals surface area contributed by atoms with Crippen LogP contribution in [0.15, 0.2) is 30.3 Å². The molecule has 2 aromatic rings. The van der Waals surface area contributed by atoms with Gasteiger partial charge in [-0.15, -0.1) is 0 Å². The van der Waals surface area contributed by atoms with E-state index in [1.54, 1.807) is 6.07 Å². The molecule has 4 nitrogen and oxygen atoms in total. The van der Waals surface area contributed by atoms with Crippen LogP contribution in [0.25, 0.3) is 0 Å². The SMILES string of the molecule is CCCCOC(=O)c1ccc(F)c(NC[C@]2(CO)CCCc3c2ccc(Cl)c3F)c1. The van der Waals surface area contributed by atoms with Crippen molar-refractivity contribution in [3.8, 4) is 0 Å². The Morgan fingerprint density at radius 2 is 2.10 bits per heavy atom. The monoisotopic (exact) mass is 437 g/mol. The quantitative estimate of drug-likeness (QED) is 0.437. The topological polar surface area (TPSA) is 58.6 Å². The molecule has 0 unspecified atom stereocenters. The highest BCUT2D eigenvalue weighted by molar-refractivity contribution is 6.30. The Labute approximate surface area is 180 Å². The lowest BCUT2D eigenvalue weighted by Gasteiger charge is -2.38. The van der Waals surface area contributed by atoms with Crippen LogP contribution in [-0.4, -0.2) is 30.8 Å². The van der Waals surface area contributed by atoms with Gasteiger partial charge in [-0.05, 0) is 61.1 Å². The molecule has 0 fully saturated rings. The first-order valence-electron chi connectivity index (χ1n) is 10.2. The Morgan fingerprint density at radius 1 is 1.30 bits per heavy atom. The largest absolute Gasteiger partial charge is 0.462 e. The van der Waals surface area contributed by atoms with Crippen molar-refractivity contribution in [1.29, 1.82) is 0 Å². The molecule has 1 aliphatic carbocycles. The first-order chi connectivity index (χ1) is 14.4. The number of unbranched alkanes of at least 4 members (excludes halogenated alkanes) is 1. The average Bonchev–Trinajstić information content (AvgIpc) is 2.75. The summed E-state index contributed by atoms with van der Waals surface area (Å²) < 4.78 is 34.1. The maximum absolute atomic E-state index is 14.5. The molecule has 0 amide bonds. The van der Waals surface area contributed by atoms with Crippen molar-refractivity contribution in [3.63, 3.8) is 0 Å². The predicted octanol–water partition coefficient (Wildman–Crippen LogP) is 5.25. The van der Waals surface area contributed by atoms with Crippen molar-refractivity contribution in [2.75, 3.05) is 25.1 Å². The normalized spacial score (nSPS) is 18.0. The number of carbonyl (C=O) groups excluding carboxylic acids is 1. The molecule has 0 aliphatic heterocycles. The molecular formula is C23H26ClF2NO3. The standard InChI is InChI=1S/C23H26ClF2NO3/c1-2-3-11-30-22(29)15-6-9-19(25)20(12-15)27-13-23(14-28)10-4-5-16-17(23)7-8-18(24)21(16)26/h6-9,12,27-28H,2-5,10-11,13-14H2,1H3/t23-/m0/s1. The minimum atomic E-state index is -0.775. The van der Waals surface area contributed by atoms with E-state index in [-0.39, 0.29) is 29.4 Å². The lowest BCUT2D eigenvalue weighted by atomic mass is 9.70. The van der Waals surface area contributed by atoms with Crippen LogP contribution in [0.3, 0.4) is 0 Å². The lowest BCUT2D eigenvalue weighted by Crippen LogP contribution is -2.41. The van der Waals surface area contributed by atoms with Crippen molar-refractivity contribution >= 4 is 23.3 Å². The summed E-state index contributed by atoms with van der Waals surface area (Å²) in [6, 6.07) is 7.21. The summed E-state index contributed by atoms with van der Waals surface area (Å²) in [5.74, 6) is -1.50. The summed E-state index contributed by atoms with van der Waals surface area (Å²) in [5.41, 5.74) is 0.784. The van der Waals surface area contributed by atoms with Gasteiger partial charge in [0.1, 0.15) is 11.6 Å². The molecule has 0 heterocycles. The van der Waals surface area contributed by atoms with E-state index in [1.807, 2.05) is 6.92 Å². The van der Waals surface area contributed by atoms with E-state index in [0.29, 0.717) is 37.0 Å². The Kier molecular flexibility index (Phi) is 7.32.